The zero-order valence-electron chi connectivity index (χ0n) is 9.76. The predicted octanol–water partition coefficient (Wildman–Crippen LogP) is 6.67. The van der Waals surface area contributed by atoms with Crippen LogP contribution in [0.25, 0.3) is 0 Å². The van der Waals surface area contributed by atoms with Crippen molar-refractivity contribution in [3.8, 4) is 0 Å². The molecule has 0 saturated heterocycles. The van der Waals surface area contributed by atoms with Crippen molar-refractivity contribution < 1.29 is 13.2 Å². The Balaban J connectivity index is 0.000000345. The molecule has 0 N–H and O–H groups in total. The van der Waals surface area contributed by atoms with E-state index in [1.54, 1.807) is 0 Å². The van der Waals surface area contributed by atoms with Gasteiger partial charge in [0.1, 0.15) is 17.5 Å². The normalized spacial score (nSPS) is 9.30. The number of benzene rings is 2. The highest BCUT2D eigenvalue weighted by Gasteiger charge is 1.96. The van der Waals surface area contributed by atoms with E-state index in [1.807, 2.05) is 12.3 Å². The maximum absolute atomic E-state index is 12.6. The van der Waals surface area contributed by atoms with Crippen molar-refractivity contribution in [2.75, 3.05) is 6.26 Å². The van der Waals surface area contributed by atoms with Crippen LogP contribution in [-0.4, -0.2) is 6.26 Å². The molecule has 110 valence electrons. The molecule has 2 rings (SSSR count). The van der Waals surface area contributed by atoms with Crippen LogP contribution in [-0.2, 0) is 0 Å². The first-order chi connectivity index (χ1) is 8.90. The summed E-state index contributed by atoms with van der Waals surface area (Å²) in [5.74, 6) is -1.33. The number of rotatable bonds is 1. The summed E-state index contributed by atoms with van der Waals surface area (Å²) in [6.45, 7) is 0. The molecule has 2 aromatic carbocycles. The lowest BCUT2D eigenvalue weighted by Crippen LogP contribution is -1.77. The molecule has 0 aliphatic rings. The number of thioether (sulfide) groups is 1. The minimum Gasteiger partial charge on any atom is -0.207 e. The second-order valence-electron chi connectivity index (χ2n) is 3.40. The molecule has 0 saturated carbocycles. The first-order valence-corrected chi connectivity index (χ1v) is 7.83. The van der Waals surface area contributed by atoms with E-state index in [0.29, 0.717) is 4.47 Å². The van der Waals surface area contributed by atoms with Gasteiger partial charge in [0, 0.05) is 19.9 Å². The monoisotopic (exact) mass is 428 g/mol. The Morgan fingerprint density at radius 1 is 0.750 bits per heavy atom. The standard InChI is InChI=1S/C7H6BrFS.C6H3BrF2.CH4/c1-10-7-3-5(8)2-6(9)4-7;7-4-1-5(8)3-6(9)2-4;/h2-4H,1H3;1-3H;1H4. The Labute approximate surface area is 138 Å². The Hall–Kier alpha value is -0.460. The van der Waals surface area contributed by atoms with Gasteiger partial charge in [0.2, 0.25) is 0 Å². The fourth-order valence-corrected chi connectivity index (χ4v) is 2.70. The SMILES string of the molecule is C.CSc1cc(F)cc(Br)c1.Fc1cc(F)cc(Br)c1. The third-order valence-corrected chi connectivity index (χ3v) is 3.52. The third kappa shape index (κ3) is 7.36. The van der Waals surface area contributed by atoms with E-state index in [1.165, 1.54) is 36.0 Å². The van der Waals surface area contributed by atoms with Crippen molar-refractivity contribution in [1.29, 1.82) is 0 Å². The van der Waals surface area contributed by atoms with Gasteiger partial charge in [-0.3, -0.25) is 0 Å². The third-order valence-electron chi connectivity index (χ3n) is 1.90. The van der Waals surface area contributed by atoms with Crippen molar-refractivity contribution in [2.45, 2.75) is 12.3 Å². The van der Waals surface area contributed by atoms with Crippen LogP contribution in [0, 0.1) is 17.5 Å². The summed E-state index contributed by atoms with van der Waals surface area (Å²) in [7, 11) is 0. The molecule has 0 radical (unpaired) electrons. The van der Waals surface area contributed by atoms with E-state index >= 15 is 0 Å². The van der Waals surface area contributed by atoms with Crippen LogP contribution in [0.1, 0.15) is 7.43 Å². The lowest BCUT2D eigenvalue weighted by Gasteiger charge is -1.96. The minimum atomic E-state index is -0.568. The summed E-state index contributed by atoms with van der Waals surface area (Å²) in [5, 5.41) is 0. The van der Waals surface area contributed by atoms with Crippen molar-refractivity contribution in [1.82, 2.24) is 0 Å². The van der Waals surface area contributed by atoms with Crippen molar-refractivity contribution >= 4 is 43.6 Å². The molecule has 0 aromatic heterocycles. The van der Waals surface area contributed by atoms with Crippen LogP contribution < -0.4 is 0 Å². The summed E-state index contributed by atoms with van der Waals surface area (Å²) >= 11 is 7.66. The molecule has 0 amide bonds. The van der Waals surface area contributed by atoms with Gasteiger partial charge >= 0.3 is 0 Å². The van der Waals surface area contributed by atoms with E-state index in [9.17, 15) is 13.2 Å². The van der Waals surface area contributed by atoms with Gasteiger partial charge < -0.3 is 0 Å². The summed E-state index contributed by atoms with van der Waals surface area (Å²) < 4.78 is 38.1. The smallest absolute Gasteiger partial charge is 0.127 e. The molecule has 0 aliphatic carbocycles. The molecule has 2 aromatic rings. The summed E-state index contributed by atoms with van der Waals surface area (Å²) in [5.41, 5.74) is 0. The van der Waals surface area contributed by atoms with Gasteiger partial charge in [0.05, 0.1) is 0 Å². The molecule has 20 heavy (non-hydrogen) atoms. The van der Waals surface area contributed by atoms with E-state index in [4.69, 9.17) is 0 Å². The summed E-state index contributed by atoms with van der Waals surface area (Å²) in [6, 6.07) is 8.06. The first-order valence-electron chi connectivity index (χ1n) is 5.02. The molecule has 0 fully saturated rings. The quantitative estimate of drug-likeness (QED) is 0.456. The second-order valence-corrected chi connectivity index (χ2v) is 6.11. The summed E-state index contributed by atoms with van der Waals surface area (Å²) in [6.07, 6.45) is 1.92. The van der Waals surface area contributed by atoms with Gasteiger partial charge in [0.15, 0.2) is 0 Å². The fourth-order valence-electron chi connectivity index (χ4n) is 1.17. The average molecular weight is 430 g/mol. The van der Waals surface area contributed by atoms with Gasteiger partial charge in [-0.25, -0.2) is 13.2 Å². The van der Waals surface area contributed by atoms with E-state index in [2.05, 4.69) is 31.9 Å². The molecule has 0 unspecified atom stereocenters. The fraction of sp³-hybridized carbons (Fsp3) is 0.143. The van der Waals surface area contributed by atoms with Gasteiger partial charge in [-0.15, -0.1) is 11.8 Å². The molecule has 0 spiro atoms. The van der Waals surface area contributed by atoms with Crippen LogP contribution in [0.5, 0.6) is 0 Å². The first kappa shape index (κ1) is 19.5. The Morgan fingerprint density at radius 3 is 1.50 bits per heavy atom. The van der Waals surface area contributed by atoms with Crippen LogP contribution in [0.4, 0.5) is 13.2 Å². The highest BCUT2D eigenvalue weighted by atomic mass is 79.9. The zero-order valence-corrected chi connectivity index (χ0v) is 13.8. The minimum absolute atomic E-state index is 0. The second kappa shape index (κ2) is 9.47. The number of halogens is 5. The van der Waals surface area contributed by atoms with Gasteiger partial charge in [-0.1, -0.05) is 39.3 Å². The van der Waals surface area contributed by atoms with Crippen LogP contribution in [0.2, 0.25) is 0 Å². The Morgan fingerprint density at radius 2 is 1.15 bits per heavy atom. The molecule has 0 bridgehead atoms. The maximum Gasteiger partial charge on any atom is 0.127 e. The highest BCUT2D eigenvalue weighted by molar-refractivity contribution is 9.10. The molecule has 0 heterocycles. The summed E-state index contributed by atoms with van der Waals surface area (Å²) in [4.78, 5) is 0.937. The number of hydrogen-bond donors (Lipinski definition) is 0. The van der Waals surface area contributed by atoms with Gasteiger partial charge in [0.25, 0.3) is 0 Å². The van der Waals surface area contributed by atoms with E-state index < -0.39 is 11.6 Å². The average Bonchev–Trinajstić information content (AvgIpc) is 2.26. The topological polar surface area (TPSA) is 0 Å². The van der Waals surface area contributed by atoms with Crippen LogP contribution in [0.15, 0.2) is 50.2 Å². The van der Waals surface area contributed by atoms with Crippen molar-refractivity contribution in [3.05, 3.63) is 62.8 Å². The van der Waals surface area contributed by atoms with Gasteiger partial charge in [-0.2, -0.15) is 0 Å². The molecule has 0 nitrogen and oxygen atoms in total. The van der Waals surface area contributed by atoms with Crippen molar-refractivity contribution in [2.24, 2.45) is 0 Å². The lowest BCUT2D eigenvalue weighted by atomic mass is 10.3. The lowest BCUT2D eigenvalue weighted by molar-refractivity contribution is 0.582. The molecule has 0 atom stereocenters. The van der Waals surface area contributed by atoms with Crippen LogP contribution in [0.3, 0.4) is 0 Å². The highest BCUT2D eigenvalue weighted by Crippen LogP contribution is 2.21. The Kier molecular flexibility index (Phi) is 9.25. The molecule has 0 aliphatic heterocycles. The van der Waals surface area contributed by atoms with E-state index in [-0.39, 0.29) is 13.2 Å². The maximum atomic E-state index is 12.6. The predicted molar refractivity (Wildman–Crippen MR) is 86.7 cm³/mol. The van der Waals surface area contributed by atoms with Crippen LogP contribution >= 0.6 is 43.6 Å². The molecular weight excluding hydrogens is 417 g/mol. The molecular formula is C14H13Br2F3S. The largest absolute Gasteiger partial charge is 0.207 e. The van der Waals surface area contributed by atoms with E-state index in [0.717, 1.165) is 15.4 Å². The number of hydrogen-bond acceptors (Lipinski definition) is 1. The van der Waals surface area contributed by atoms with Gasteiger partial charge in [-0.05, 0) is 36.6 Å². The Bertz CT molecular complexity index is 491. The van der Waals surface area contributed by atoms with Crippen molar-refractivity contribution in [3.63, 3.8) is 0 Å². The zero-order chi connectivity index (χ0) is 14.4. The molecule has 6 heteroatoms.